The molecule has 25 heavy (non-hydrogen) atoms. The molecule has 0 saturated carbocycles. The summed E-state index contributed by atoms with van der Waals surface area (Å²) in [5.41, 5.74) is -0.228. The minimum absolute atomic E-state index is 0.0253. The van der Waals surface area contributed by atoms with E-state index in [4.69, 9.17) is 4.74 Å². The van der Waals surface area contributed by atoms with Crippen LogP contribution >= 0.6 is 0 Å². The summed E-state index contributed by atoms with van der Waals surface area (Å²) < 4.78 is 5.46. The van der Waals surface area contributed by atoms with Crippen molar-refractivity contribution in [3.05, 3.63) is 0 Å². The Kier molecular flexibility index (Phi) is 7.07. The number of carbonyl (C=O) groups excluding carboxylic acids is 1. The van der Waals surface area contributed by atoms with Gasteiger partial charge in [0.05, 0.1) is 11.6 Å². The highest BCUT2D eigenvalue weighted by Gasteiger charge is 2.30. The number of rotatable bonds is 5. The molecule has 0 aromatic rings. The fourth-order valence-corrected chi connectivity index (χ4v) is 3.38. The Morgan fingerprint density at radius 3 is 2.24 bits per heavy atom. The number of carbonyl (C=O) groups is 1. The Balaban J connectivity index is 1.82. The molecule has 1 atom stereocenters. The molecule has 1 unspecified atom stereocenters. The normalized spacial score (nSPS) is 21.6. The number of hydrogen-bond acceptors (Lipinski definition) is 4. The minimum Gasteiger partial charge on any atom is -0.377 e. The fraction of sp³-hybridized carbons (Fsp3) is 0.889. The Labute approximate surface area is 152 Å². The second kappa shape index (κ2) is 8.85. The van der Waals surface area contributed by atoms with Crippen molar-refractivity contribution in [3.8, 4) is 0 Å². The number of guanidine groups is 1. The second-order valence-corrected chi connectivity index (χ2v) is 7.60. The number of aliphatic imine (C=N–C) groups is 1. The van der Waals surface area contributed by atoms with Gasteiger partial charge in [-0.25, -0.2) is 0 Å². The number of hydrogen-bond donors (Lipinski definition) is 1. The summed E-state index contributed by atoms with van der Waals surface area (Å²) in [5, 5.41) is 3.40. The van der Waals surface area contributed by atoms with E-state index in [1.54, 1.807) is 7.11 Å². The van der Waals surface area contributed by atoms with Gasteiger partial charge in [0.25, 0.3) is 0 Å². The van der Waals surface area contributed by atoms with Crippen molar-refractivity contribution in [3.63, 3.8) is 0 Å². The maximum atomic E-state index is 12.6. The van der Waals surface area contributed by atoms with Crippen LogP contribution < -0.4 is 5.32 Å². The maximum absolute atomic E-state index is 12.6. The highest BCUT2D eigenvalue weighted by atomic mass is 16.5. The van der Waals surface area contributed by atoms with Crippen molar-refractivity contribution < 1.29 is 9.53 Å². The van der Waals surface area contributed by atoms with Crippen molar-refractivity contribution in [1.29, 1.82) is 0 Å². The summed E-state index contributed by atoms with van der Waals surface area (Å²) in [5.74, 6) is 1.19. The number of nitrogens with one attached hydrogen (secondary N) is 1. The zero-order chi connectivity index (χ0) is 18.4. The quantitative estimate of drug-likeness (QED) is 0.580. The van der Waals surface area contributed by atoms with E-state index >= 15 is 0 Å². The van der Waals surface area contributed by atoms with Gasteiger partial charge in [-0.1, -0.05) is 0 Å². The smallest absolute Gasteiger partial charge is 0.239 e. The zero-order valence-corrected chi connectivity index (χ0v) is 16.5. The molecule has 2 heterocycles. The molecular formula is C18H35N5O2. The van der Waals surface area contributed by atoms with Gasteiger partial charge in [0.15, 0.2) is 5.96 Å². The molecule has 2 aliphatic rings. The van der Waals surface area contributed by atoms with Crippen LogP contribution in [0.5, 0.6) is 0 Å². The molecule has 1 N–H and O–H groups in total. The van der Waals surface area contributed by atoms with Gasteiger partial charge in [-0.2, -0.15) is 0 Å². The molecule has 144 valence electrons. The first-order chi connectivity index (χ1) is 11.9. The second-order valence-electron chi connectivity index (χ2n) is 7.60. The number of piperazine rings is 1. The predicted molar refractivity (Wildman–Crippen MR) is 101 cm³/mol. The van der Waals surface area contributed by atoms with E-state index in [9.17, 15) is 4.79 Å². The van der Waals surface area contributed by atoms with Crippen LogP contribution in [0, 0.1) is 0 Å². The largest absolute Gasteiger partial charge is 0.377 e. The van der Waals surface area contributed by atoms with Gasteiger partial charge in [-0.15, -0.1) is 0 Å². The van der Waals surface area contributed by atoms with Crippen molar-refractivity contribution >= 4 is 11.9 Å². The molecule has 1 amide bonds. The predicted octanol–water partition coefficient (Wildman–Crippen LogP) is 0.615. The lowest BCUT2D eigenvalue weighted by Gasteiger charge is -2.40. The van der Waals surface area contributed by atoms with Crippen molar-refractivity contribution in [2.75, 3.05) is 60.0 Å². The van der Waals surface area contributed by atoms with Crippen LogP contribution in [0.25, 0.3) is 0 Å². The molecular weight excluding hydrogens is 318 g/mol. The van der Waals surface area contributed by atoms with Gasteiger partial charge in [0, 0.05) is 60.0 Å². The molecule has 0 bridgehead atoms. The lowest BCUT2D eigenvalue weighted by molar-refractivity contribution is -0.135. The molecule has 0 radical (unpaired) electrons. The summed E-state index contributed by atoms with van der Waals surface area (Å²) in [6.45, 7) is 12.2. The van der Waals surface area contributed by atoms with E-state index in [1.165, 1.54) is 0 Å². The van der Waals surface area contributed by atoms with Gasteiger partial charge in [-0.05, 0) is 33.6 Å². The summed E-state index contributed by atoms with van der Waals surface area (Å²) in [7, 11) is 3.54. The number of likely N-dealkylation sites (tertiary alicyclic amines) is 1. The molecule has 7 nitrogen and oxygen atoms in total. The van der Waals surface area contributed by atoms with Crippen molar-refractivity contribution in [2.45, 2.75) is 45.3 Å². The topological polar surface area (TPSA) is 60.4 Å². The summed E-state index contributed by atoms with van der Waals surface area (Å²) in [6.07, 6.45) is 2.29. The zero-order valence-electron chi connectivity index (χ0n) is 16.5. The molecule has 2 saturated heterocycles. The molecule has 0 aromatic heterocycles. The van der Waals surface area contributed by atoms with Crippen LogP contribution in [-0.2, 0) is 9.53 Å². The Hall–Kier alpha value is -1.34. The molecule has 0 aromatic carbocycles. The average molecular weight is 354 g/mol. The first kappa shape index (κ1) is 20.0. The van der Waals surface area contributed by atoms with Gasteiger partial charge < -0.3 is 19.9 Å². The lowest BCUT2D eigenvalue weighted by atomic mass is 10.1. The van der Waals surface area contributed by atoms with E-state index < -0.39 is 0 Å². The highest BCUT2D eigenvalue weighted by Crippen LogP contribution is 2.14. The van der Waals surface area contributed by atoms with Crippen LogP contribution in [0.15, 0.2) is 4.99 Å². The molecule has 2 rings (SSSR count). The van der Waals surface area contributed by atoms with Crippen LogP contribution in [-0.4, -0.2) is 98.2 Å². The third-order valence-corrected chi connectivity index (χ3v) is 5.37. The first-order valence-corrected chi connectivity index (χ1v) is 9.41. The van der Waals surface area contributed by atoms with E-state index in [-0.39, 0.29) is 17.6 Å². The van der Waals surface area contributed by atoms with Crippen LogP contribution in [0.1, 0.15) is 33.6 Å². The first-order valence-electron chi connectivity index (χ1n) is 9.41. The summed E-state index contributed by atoms with van der Waals surface area (Å²) >= 11 is 0. The SMILES string of the molecule is CN=C(NCC(C)(C)OC)N1CCN(C(C)C(=O)N2CCCC2)CC1. The Morgan fingerprint density at radius 1 is 1.12 bits per heavy atom. The van der Waals surface area contributed by atoms with Crippen LogP contribution in [0.2, 0.25) is 0 Å². The van der Waals surface area contributed by atoms with E-state index in [2.05, 4.69) is 34.0 Å². The number of ether oxygens (including phenoxy) is 1. The molecule has 2 fully saturated rings. The van der Waals surface area contributed by atoms with Gasteiger partial charge in [0.2, 0.25) is 5.91 Å². The van der Waals surface area contributed by atoms with E-state index in [1.807, 2.05) is 18.9 Å². The minimum atomic E-state index is -0.228. The Morgan fingerprint density at radius 2 is 1.72 bits per heavy atom. The average Bonchev–Trinajstić information content (AvgIpc) is 3.16. The molecule has 0 spiro atoms. The maximum Gasteiger partial charge on any atom is 0.239 e. The van der Waals surface area contributed by atoms with Gasteiger partial charge in [0.1, 0.15) is 0 Å². The lowest BCUT2D eigenvalue weighted by Crippen LogP contribution is -2.57. The highest BCUT2D eigenvalue weighted by molar-refractivity contribution is 5.82. The monoisotopic (exact) mass is 353 g/mol. The van der Waals surface area contributed by atoms with Crippen LogP contribution in [0.3, 0.4) is 0 Å². The fourth-order valence-electron chi connectivity index (χ4n) is 3.38. The van der Waals surface area contributed by atoms with Gasteiger partial charge >= 0.3 is 0 Å². The third kappa shape index (κ3) is 5.31. The summed E-state index contributed by atoms with van der Waals surface area (Å²) in [4.78, 5) is 23.6. The molecule has 0 aliphatic carbocycles. The van der Waals surface area contributed by atoms with Gasteiger partial charge in [-0.3, -0.25) is 14.7 Å². The van der Waals surface area contributed by atoms with Crippen molar-refractivity contribution in [2.24, 2.45) is 4.99 Å². The molecule has 7 heteroatoms. The van der Waals surface area contributed by atoms with Crippen molar-refractivity contribution in [1.82, 2.24) is 20.0 Å². The van der Waals surface area contributed by atoms with Crippen LogP contribution in [0.4, 0.5) is 0 Å². The third-order valence-electron chi connectivity index (χ3n) is 5.37. The van der Waals surface area contributed by atoms with E-state index in [0.29, 0.717) is 6.54 Å². The molecule has 2 aliphatic heterocycles. The summed E-state index contributed by atoms with van der Waals surface area (Å²) in [6, 6.07) is -0.0253. The number of amides is 1. The number of methoxy groups -OCH3 is 1. The standard InChI is InChI=1S/C18H35N5O2/c1-15(16(24)22-8-6-7-9-22)21-10-12-23(13-11-21)17(19-4)20-14-18(2,3)25-5/h15H,6-14H2,1-5H3,(H,19,20). The number of nitrogens with zero attached hydrogens (tertiary/aromatic N) is 4. The van der Waals surface area contributed by atoms with E-state index in [0.717, 1.165) is 58.1 Å². The Bertz CT molecular complexity index is 466.